The molecule has 0 N–H and O–H groups in total. The first-order chi connectivity index (χ1) is 13.6. The van der Waals surface area contributed by atoms with Gasteiger partial charge in [-0.25, -0.2) is 13.8 Å². The Morgan fingerprint density at radius 1 is 1.11 bits per heavy atom. The molecule has 3 aromatic rings. The molecule has 4 rings (SSSR count). The summed E-state index contributed by atoms with van der Waals surface area (Å²) in [6.45, 7) is 1.57. The van der Waals surface area contributed by atoms with Crippen molar-refractivity contribution in [3.63, 3.8) is 0 Å². The van der Waals surface area contributed by atoms with Crippen molar-refractivity contribution in [3.05, 3.63) is 70.7 Å². The standard InChI is InChI=1S/C21H18F2N2O2S/c22-15-9-14(10-16(23)11-15)12-27-19-6-2-1-5-17(19)20-24-18(13-28-20)21(26)25-7-3-4-8-25/h1-2,5-6,9-11,13H,3-4,7-8,12H2. The molecule has 0 aliphatic carbocycles. The minimum absolute atomic E-state index is 0.0244. The van der Waals surface area contributed by atoms with Crippen molar-refractivity contribution in [1.82, 2.24) is 9.88 Å². The van der Waals surface area contributed by atoms with Crippen molar-refractivity contribution >= 4 is 17.2 Å². The number of amides is 1. The molecule has 1 aromatic heterocycles. The van der Waals surface area contributed by atoms with E-state index in [2.05, 4.69) is 4.98 Å². The Morgan fingerprint density at radius 3 is 2.57 bits per heavy atom. The van der Waals surface area contributed by atoms with E-state index in [9.17, 15) is 13.6 Å². The number of likely N-dealkylation sites (tertiary alicyclic amines) is 1. The lowest BCUT2D eigenvalue weighted by Gasteiger charge is -2.13. The Hall–Kier alpha value is -2.80. The summed E-state index contributed by atoms with van der Waals surface area (Å²) in [4.78, 5) is 18.8. The molecule has 0 atom stereocenters. The summed E-state index contributed by atoms with van der Waals surface area (Å²) in [5, 5.41) is 2.43. The Labute approximate surface area is 165 Å². The van der Waals surface area contributed by atoms with Crippen LogP contribution in [-0.2, 0) is 6.61 Å². The van der Waals surface area contributed by atoms with Crippen LogP contribution in [0.3, 0.4) is 0 Å². The molecular weight excluding hydrogens is 382 g/mol. The van der Waals surface area contributed by atoms with E-state index < -0.39 is 11.6 Å². The third kappa shape index (κ3) is 4.04. The topological polar surface area (TPSA) is 42.4 Å². The number of thiazole rings is 1. The molecule has 2 heterocycles. The first-order valence-electron chi connectivity index (χ1n) is 9.02. The van der Waals surface area contributed by atoms with Crippen molar-refractivity contribution in [2.75, 3.05) is 13.1 Å². The predicted molar refractivity (Wildman–Crippen MR) is 103 cm³/mol. The number of carbonyl (C=O) groups is 1. The van der Waals surface area contributed by atoms with Crippen LogP contribution in [0.4, 0.5) is 8.78 Å². The predicted octanol–water partition coefficient (Wildman–Crippen LogP) is 4.90. The number of benzene rings is 2. The highest BCUT2D eigenvalue weighted by atomic mass is 32.1. The van der Waals surface area contributed by atoms with Gasteiger partial charge in [0.2, 0.25) is 0 Å². The summed E-state index contributed by atoms with van der Waals surface area (Å²) in [6.07, 6.45) is 2.06. The Balaban J connectivity index is 1.53. The highest BCUT2D eigenvalue weighted by Crippen LogP contribution is 2.33. The van der Waals surface area contributed by atoms with Crippen LogP contribution in [0, 0.1) is 11.6 Å². The second-order valence-corrected chi connectivity index (χ2v) is 7.46. The van der Waals surface area contributed by atoms with Gasteiger partial charge in [0.25, 0.3) is 5.91 Å². The molecule has 1 saturated heterocycles. The van der Waals surface area contributed by atoms with E-state index in [4.69, 9.17) is 4.74 Å². The number of hydrogen-bond donors (Lipinski definition) is 0. The summed E-state index contributed by atoms with van der Waals surface area (Å²) in [6, 6.07) is 10.6. The van der Waals surface area contributed by atoms with Gasteiger partial charge in [0.1, 0.15) is 34.7 Å². The van der Waals surface area contributed by atoms with Crippen molar-refractivity contribution in [2.45, 2.75) is 19.4 Å². The minimum atomic E-state index is -0.642. The molecule has 1 fully saturated rings. The van der Waals surface area contributed by atoms with Crippen molar-refractivity contribution in [1.29, 1.82) is 0 Å². The average Bonchev–Trinajstić information content (AvgIpc) is 3.37. The van der Waals surface area contributed by atoms with Crippen molar-refractivity contribution in [3.8, 4) is 16.3 Å². The average molecular weight is 400 g/mol. The van der Waals surface area contributed by atoms with E-state index in [1.54, 1.807) is 11.4 Å². The zero-order valence-electron chi connectivity index (χ0n) is 15.0. The quantitative estimate of drug-likeness (QED) is 0.612. The zero-order valence-corrected chi connectivity index (χ0v) is 15.8. The van der Waals surface area contributed by atoms with E-state index in [1.165, 1.54) is 23.5 Å². The molecule has 28 heavy (non-hydrogen) atoms. The lowest BCUT2D eigenvalue weighted by atomic mass is 10.2. The summed E-state index contributed by atoms with van der Waals surface area (Å²) in [5.74, 6) is -0.788. The number of nitrogens with zero attached hydrogens (tertiary/aromatic N) is 2. The van der Waals surface area contributed by atoms with Crippen molar-refractivity contribution in [2.24, 2.45) is 0 Å². The summed E-state index contributed by atoms with van der Waals surface area (Å²) in [5.41, 5.74) is 1.57. The first kappa shape index (κ1) is 18.6. The van der Waals surface area contributed by atoms with Crippen LogP contribution in [0.15, 0.2) is 47.8 Å². The van der Waals surface area contributed by atoms with Gasteiger partial charge in [-0.1, -0.05) is 12.1 Å². The highest BCUT2D eigenvalue weighted by molar-refractivity contribution is 7.13. The molecule has 0 unspecified atom stereocenters. The Bertz CT molecular complexity index is 979. The smallest absolute Gasteiger partial charge is 0.273 e. The monoisotopic (exact) mass is 400 g/mol. The van der Waals surface area contributed by atoms with Gasteiger partial charge in [-0.3, -0.25) is 4.79 Å². The van der Waals surface area contributed by atoms with Crippen LogP contribution in [0.5, 0.6) is 5.75 Å². The van der Waals surface area contributed by atoms with E-state index in [-0.39, 0.29) is 12.5 Å². The number of para-hydroxylation sites is 1. The molecule has 1 amide bonds. The molecule has 0 spiro atoms. The maximum absolute atomic E-state index is 13.4. The maximum Gasteiger partial charge on any atom is 0.273 e. The molecular formula is C21H18F2N2O2S. The van der Waals surface area contributed by atoms with Crippen LogP contribution >= 0.6 is 11.3 Å². The van der Waals surface area contributed by atoms with Gasteiger partial charge in [-0.05, 0) is 42.7 Å². The fraction of sp³-hybridized carbons (Fsp3) is 0.238. The van der Waals surface area contributed by atoms with Gasteiger partial charge in [-0.2, -0.15) is 0 Å². The Morgan fingerprint density at radius 2 is 1.82 bits per heavy atom. The van der Waals surface area contributed by atoms with Crippen LogP contribution in [0.1, 0.15) is 28.9 Å². The zero-order chi connectivity index (χ0) is 19.5. The molecule has 7 heteroatoms. The summed E-state index contributed by atoms with van der Waals surface area (Å²) >= 11 is 1.37. The molecule has 1 aliphatic rings. The number of ether oxygens (including phenoxy) is 1. The highest BCUT2D eigenvalue weighted by Gasteiger charge is 2.22. The minimum Gasteiger partial charge on any atom is -0.488 e. The molecule has 0 saturated carbocycles. The number of carbonyl (C=O) groups excluding carboxylic acids is 1. The maximum atomic E-state index is 13.4. The van der Waals surface area contributed by atoms with Crippen LogP contribution in [-0.4, -0.2) is 28.9 Å². The molecule has 144 valence electrons. The number of hydrogen-bond acceptors (Lipinski definition) is 4. The number of halogens is 2. The van der Waals surface area contributed by atoms with Gasteiger partial charge in [-0.15, -0.1) is 11.3 Å². The summed E-state index contributed by atoms with van der Waals surface area (Å²) < 4.78 is 32.5. The largest absolute Gasteiger partial charge is 0.488 e. The third-order valence-electron chi connectivity index (χ3n) is 4.55. The van der Waals surface area contributed by atoms with E-state index in [0.717, 1.165) is 37.6 Å². The van der Waals surface area contributed by atoms with Crippen LogP contribution < -0.4 is 4.74 Å². The van der Waals surface area contributed by atoms with E-state index in [0.29, 0.717) is 22.0 Å². The SMILES string of the molecule is O=C(c1csc(-c2ccccc2OCc2cc(F)cc(F)c2)n1)N1CCCC1. The molecule has 0 bridgehead atoms. The van der Waals surface area contributed by atoms with Crippen molar-refractivity contribution < 1.29 is 18.3 Å². The second-order valence-electron chi connectivity index (χ2n) is 6.60. The van der Waals surface area contributed by atoms with Crippen LogP contribution in [0.25, 0.3) is 10.6 Å². The summed E-state index contributed by atoms with van der Waals surface area (Å²) in [7, 11) is 0. The van der Waals surface area contributed by atoms with E-state index in [1.807, 2.05) is 23.1 Å². The fourth-order valence-corrected chi connectivity index (χ4v) is 4.03. The second kappa shape index (κ2) is 8.06. The lowest BCUT2D eigenvalue weighted by molar-refractivity contribution is 0.0788. The molecule has 1 aliphatic heterocycles. The molecule has 4 nitrogen and oxygen atoms in total. The molecule has 0 radical (unpaired) electrons. The van der Waals surface area contributed by atoms with Gasteiger partial charge in [0.05, 0.1) is 5.56 Å². The van der Waals surface area contributed by atoms with Crippen LogP contribution in [0.2, 0.25) is 0 Å². The van der Waals surface area contributed by atoms with Gasteiger partial charge in [0, 0.05) is 24.5 Å². The number of rotatable bonds is 5. The third-order valence-corrected chi connectivity index (χ3v) is 5.43. The van der Waals surface area contributed by atoms with Gasteiger partial charge in [0.15, 0.2) is 0 Å². The normalized spacial score (nSPS) is 13.7. The number of aromatic nitrogens is 1. The van der Waals surface area contributed by atoms with Gasteiger partial charge >= 0.3 is 0 Å². The Kier molecular flexibility index (Phi) is 5.34. The molecule has 2 aromatic carbocycles. The fourth-order valence-electron chi connectivity index (χ4n) is 3.20. The van der Waals surface area contributed by atoms with Gasteiger partial charge < -0.3 is 9.64 Å². The van der Waals surface area contributed by atoms with E-state index >= 15 is 0 Å². The lowest BCUT2D eigenvalue weighted by Crippen LogP contribution is -2.27. The first-order valence-corrected chi connectivity index (χ1v) is 9.90.